The predicted molar refractivity (Wildman–Crippen MR) is 101 cm³/mol. The summed E-state index contributed by atoms with van der Waals surface area (Å²) in [6, 6.07) is 14.5. The van der Waals surface area contributed by atoms with Gasteiger partial charge in [-0.05, 0) is 54.4 Å². The monoisotopic (exact) mass is 381 g/mol. The molecule has 3 aromatic rings. The normalized spacial score (nSPS) is 10.4. The third-order valence-corrected chi connectivity index (χ3v) is 3.99. The van der Waals surface area contributed by atoms with Crippen LogP contribution in [-0.4, -0.2) is 23.3 Å². The number of anilines is 1. The summed E-state index contributed by atoms with van der Waals surface area (Å²) in [6.45, 7) is 0.230. The molecule has 2 aromatic carbocycles. The van der Waals surface area contributed by atoms with E-state index in [0.29, 0.717) is 17.7 Å². The lowest BCUT2D eigenvalue weighted by Gasteiger charge is -2.08. The van der Waals surface area contributed by atoms with E-state index in [2.05, 4.69) is 15.6 Å². The molecule has 0 atom stereocenters. The van der Waals surface area contributed by atoms with Crippen LogP contribution in [0.2, 0.25) is 0 Å². The Morgan fingerprint density at radius 3 is 2.43 bits per heavy atom. The van der Waals surface area contributed by atoms with Crippen molar-refractivity contribution in [1.29, 1.82) is 0 Å². The number of halogens is 2. The molecule has 0 aliphatic heterocycles. The van der Waals surface area contributed by atoms with Gasteiger partial charge in [0.15, 0.2) is 0 Å². The average molecular weight is 381 g/mol. The van der Waals surface area contributed by atoms with Gasteiger partial charge in [0.25, 0.3) is 11.8 Å². The van der Waals surface area contributed by atoms with Crippen LogP contribution in [0.3, 0.4) is 0 Å². The first-order chi connectivity index (χ1) is 13.5. The molecule has 0 unspecified atom stereocenters. The number of benzene rings is 2. The molecule has 0 saturated carbocycles. The van der Waals surface area contributed by atoms with Gasteiger partial charge in [-0.25, -0.2) is 8.78 Å². The van der Waals surface area contributed by atoms with E-state index in [-0.39, 0.29) is 23.6 Å². The fourth-order valence-electron chi connectivity index (χ4n) is 2.53. The first-order valence-corrected chi connectivity index (χ1v) is 8.57. The van der Waals surface area contributed by atoms with E-state index in [0.717, 1.165) is 0 Å². The van der Waals surface area contributed by atoms with E-state index in [1.54, 1.807) is 18.2 Å². The molecule has 28 heavy (non-hydrogen) atoms. The summed E-state index contributed by atoms with van der Waals surface area (Å²) in [4.78, 5) is 28.5. The third-order valence-electron chi connectivity index (χ3n) is 3.99. The number of hydrogen-bond acceptors (Lipinski definition) is 3. The maximum absolute atomic E-state index is 13.6. The highest BCUT2D eigenvalue weighted by Crippen LogP contribution is 2.11. The molecule has 0 aliphatic rings. The molecule has 0 fully saturated rings. The van der Waals surface area contributed by atoms with Crippen LogP contribution in [0.15, 0.2) is 66.9 Å². The van der Waals surface area contributed by atoms with Crippen LogP contribution in [-0.2, 0) is 6.42 Å². The maximum atomic E-state index is 13.6. The lowest BCUT2D eigenvalue weighted by Crippen LogP contribution is -2.27. The van der Waals surface area contributed by atoms with E-state index < -0.39 is 17.6 Å². The minimum Gasteiger partial charge on any atom is -0.350 e. The summed E-state index contributed by atoms with van der Waals surface area (Å²) in [6.07, 6.45) is 1.69. The Labute approximate surface area is 160 Å². The van der Waals surface area contributed by atoms with E-state index in [9.17, 15) is 18.4 Å². The molecule has 1 heterocycles. The number of pyridine rings is 1. The molecular formula is C21H17F2N3O2. The Kier molecular flexibility index (Phi) is 6.06. The van der Waals surface area contributed by atoms with Gasteiger partial charge in [0.2, 0.25) is 0 Å². The largest absolute Gasteiger partial charge is 0.350 e. The van der Waals surface area contributed by atoms with Crippen molar-refractivity contribution in [3.05, 3.63) is 95.3 Å². The maximum Gasteiger partial charge on any atom is 0.269 e. The molecule has 3 rings (SSSR count). The first-order valence-electron chi connectivity index (χ1n) is 8.57. The molecule has 1 aromatic heterocycles. The van der Waals surface area contributed by atoms with E-state index in [1.165, 1.54) is 48.7 Å². The number of nitrogens with zero attached hydrogens (tertiary/aromatic N) is 1. The molecule has 2 N–H and O–H groups in total. The molecule has 0 aliphatic carbocycles. The molecule has 0 saturated heterocycles. The fraction of sp³-hybridized carbons (Fsp3) is 0.0952. The number of carbonyl (C=O) groups excluding carboxylic acids is 2. The minimum atomic E-state index is -0.465. The van der Waals surface area contributed by atoms with Crippen LogP contribution in [0, 0.1) is 11.6 Å². The van der Waals surface area contributed by atoms with Crippen LogP contribution in [0.4, 0.5) is 14.5 Å². The Bertz CT molecular complexity index is 991. The van der Waals surface area contributed by atoms with Gasteiger partial charge in [-0.2, -0.15) is 0 Å². The fourth-order valence-corrected chi connectivity index (χ4v) is 2.53. The van der Waals surface area contributed by atoms with Crippen molar-refractivity contribution in [2.24, 2.45) is 0 Å². The number of carbonyl (C=O) groups is 2. The number of hydrogen-bond donors (Lipinski definition) is 2. The van der Waals surface area contributed by atoms with Crippen LogP contribution in [0.25, 0.3) is 0 Å². The van der Waals surface area contributed by atoms with Crippen LogP contribution >= 0.6 is 0 Å². The van der Waals surface area contributed by atoms with E-state index in [1.807, 2.05) is 0 Å². The Balaban J connectivity index is 1.60. The van der Waals surface area contributed by atoms with Crippen LogP contribution in [0.5, 0.6) is 0 Å². The molecular weight excluding hydrogens is 364 g/mol. The van der Waals surface area contributed by atoms with Gasteiger partial charge in [0, 0.05) is 24.0 Å². The van der Waals surface area contributed by atoms with Crippen molar-refractivity contribution in [1.82, 2.24) is 10.3 Å². The standard InChI is InChI=1S/C21H17F2N3O2/c22-16-5-7-17(8-6-16)26-20(27)15-10-11-24-19(13-15)21(28)25-12-9-14-3-1-2-4-18(14)23/h1-8,10-11,13H,9,12H2,(H,25,28)(H,26,27). The topological polar surface area (TPSA) is 71.1 Å². The Hall–Kier alpha value is -3.61. The Morgan fingerprint density at radius 2 is 1.68 bits per heavy atom. The summed E-state index contributed by atoms with van der Waals surface area (Å²) in [5.41, 5.74) is 1.24. The molecule has 0 radical (unpaired) electrons. The van der Waals surface area contributed by atoms with Gasteiger partial charge in [0.1, 0.15) is 17.3 Å². The number of aromatic nitrogens is 1. The highest BCUT2D eigenvalue weighted by atomic mass is 19.1. The summed E-state index contributed by atoms with van der Waals surface area (Å²) in [5, 5.41) is 5.27. The van der Waals surface area contributed by atoms with Crippen molar-refractivity contribution in [3.8, 4) is 0 Å². The number of nitrogens with one attached hydrogen (secondary N) is 2. The van der Waals surface area contributed by atoms with E-state index >= 15 is 0 Å². The quantitative estimate of drug-likeness (QED) is 0.686. The summed E-state index contributed by atoms with van der Waals surface area (Å²) < 4.78 is 26.5. The molecule has 2 amide bonds. The highest BCUT2D eigenvalue weighted by Gasteiger charge is 2.12. The second kappa shape index (κ2) is 8.85. The third kappa shape index (κ3) is 4.97. The smallest absolute Gasteiger partial charge is 0.269 e. The second-order valence-corrected chi connectivity index (χ2v) is 5.99. The molecule has 0 bridgehead atoms. The zero-order valence-corrected chi connectivity index (χ0v) is 14.8. The highest BCUT2D eigenvalue weighted by molar-refractivity contribution is 6.05. The summed E-state index contributed by atoms with van der Waals surface area (Å²) in [5.74, 6) is -1.65. The van der Waals surface area contributed by atoms with E-state index in [4.69, 9.17) is 0 Å². The van der Waals surface area contributed by atoms with Crippen molar-refractivity contribution in [3.63, 3.8) is 0 Å². The van der Waals surface area contributed by atoms with Crippen LogP contribution < -0.4 is 10.6 Å². The predicted octanol–water partition coefficient (Wildman–Crippen LogP) is 3.58. The average Bonchev–Trinajstić information content (AvgIpc) is 2.71. The van der Waals surface area contributed by atoms with Crippen LogP contribution in [0.1, 0.15) is 26.4 Å². The van der Waals surface area contributed by atoms with Gasteiger partial charge in [-0.3, -0.25) is 14.6 Å². The van der Waals surface area contributed by atoms with Gasteiger partial charge in [-0.1, -0.05) is 18.2 Å². The Morgan fingerprint density at radius 1 is 0.929 bits per heavy atom. The van der Waals surface area contributed by atoms with Gasteiger partial charge < -0.3 is 10.6 Å². The summed E-state index contributed by atoms with van der Waals surface area (Å²) in [7, 11) is 0. The summed E-state index contributed by atoms with van der Waals surface area (Å²) >= 11 is 0. The van der Waals surface area contributed by atoms with Crippen molar-refractivity contribution < 1.29 is 18.4 Å². The molecule has 7 heteroatoms. The van der Waals surface area contributed by atoms with Crippen molar-refractivity contribution >= 4 is 17.5 Å². The molecule has 142 valence electrons. The number of amides is 2. The second-order valence-electron chi connectivity index (χ2n) is 5.99. The van der Waals surface area contributed by atoms with Gasteiger partial charge in [0.05, 0.1) is 0 Å². The number of rotatable bonds is 6. The minimum absolute atomic E-state index is 0.0697. The van der Waals surface area contributed by atoms with Gasteiger partial charge in [-0.15, -0.1) is 0 Å². The zero-order chi connectivity index (χ0) is 19.9. The lowest BCUT2D eigenvalue weighted by atomic mass is 10.1. The molecule has 5 nitrogen and oxygen atoms in total. The van der Waals surface area contributed by atoms with Crippen molar-refractivity contribution in [2.45, 2.75) is 6.42 Å². The SMILES string of the molecule is O=C(Nc1ccc(F)cc1)c1ccnc(C(=O)NCCc2ccccc2F)c1. The zero-order valence-electron chi connectivity index (χ0n) is 14.8. The molecule has 0 spiro atoms. The van der Waals surface area contributed by atoms with Crippen molar-refractivity contribution in [2.75, 3.05) is 11.9 Å². The lowest BCUT2D eigenvalue weighted by molar-refractivity contribution is 0.0949. The first kappa shape index (κ1) is 19.2. The van der Waals surface area contributed by atoms with Gasteiger partial charge >= 0.3 is 0 Å².